The van der Waals surface area contributed by atoms with Gasteiger partial charge in [0.1, 0.15) is 23.5 Å². The van der Waals surface area contributed by atoms with Crippen LogP contribution in [-0.2, 0) is 6.42 Å². The molecule has 0 radical (unpaired) electrons. The molecule has 1 aliphatic heterocycles. The smallest absolute Gasteiger partial charge is 0.133 e. The Morgan fingerprint density at radius 1 is 1.16 bits per heavy atom. The summed E-state index contributed by atoms with van der Waals surface area (Å²) in [5, 5.41) is 29.3. The predicted molar refractivity (Wildman–Crippen MR) is 89.5 cm³/mol. The van der Waals surface area contributed by atoms with Crippen molar-refractivity contribution in [2.24, 2.45) is 0 Å². The number of aliphatic hydroxyl groups excluding tert-OH is 3. The molecule has 7 heteroatoms. The van der Waals surface area contributed by atoms with Gasteiger partial charge >= 0.3 is 0 Å². The summed E-state index contributed by atoms with van der Waals surface area (Å²) in [5.41, 5.74) is -0.0508. The molecule has 1 aromatic rings. The van der Waals surface area contributed by atoms with Crippen LogP contribution in [0.15, 0.2) is 12.1 Å². The predicted octanol–water partition coefficient (Wildman–Crippen LogP) is 1.47. The third-order valence-corrected chi connectivity index (χ3v) is 4.77. The number of benzene rings is 1. The molecule has 0 unspecified atom stereocenters. The molecule has 0 bridgehead atoms. The van der Waals surface area contributed by atoms with Crippen LogP contribution in [0.25, 0.3) is 0 Å². The van der Waals surface area contributed by atoms with E-state index < -0.39 is 36.0 Å². The summed E-state index contributed by atoms with van der Waals surface area (Å²) in [7, 11) is 0. The summed E-state index contributed by atoms with van der Waals surface area (Å²) in [6.45, 7) is 4.52. The summed E-state index contributed by atoms with van der Waals surface area (Å²) in [5.74, 6) is -1.16. The van der Waals surface area contributed by atoms with Gasteiger partial charge in [0.15, 0.2) is 0 Å². The second-order valence-electron chi connectivity index (χ2n) is 6.60. The fourth-order valence-corrected chi connectivity index (χ4v) is 3.03. The second-order valence-corrected chi connectivity index (χ2v) is 6.60. The van der Waals surface area contributed by atoms with E-state index >= 15 is 0 Å². The molecule has 5 nitrogen and oxygen atoms in total. The summed E-state index contributed by atoms with van der Waals surface area (Å²) < 4.78 is 33.7. The van der Waals surface area contributed by atoms with E-state index in [0.717, 1.165) is 12.8 Å². The van der Waals surface area contributed by atoms with Crippen LogP contribution < -0.4 is 4.74 Å². The van der Waals surface area contributed by atoms with Crippen molar-refractivity contribution < 1.29 is 28.8 Å². The Kier molecular flexibility index (Phi) is 7.13. The van der Waals surface area contributed by atoms with Crippen molar-refractivity contribution in [2.75, 3.05) is 19.7 Å². The van der Waals surface area contributed by atoms with Gasteiger partial charge in [0, 0.05) is 36.8 Å². The van der Waals surface area contributed by atoms with Crippen molar-refractivity contribution in [2.45, 2.75) is 57.5 Å². The molecular weight excluding hydrogens is 332 g/mol. The number of rotatable bonds is 7. The van der Waals surface area contributed by atoms with Gasteiger partial charge in [-0.15, -0.1) is 0 Å². The van der Waals surface area contributed by atoms with Crippen LogP contribution in [0.3, 0.4) is 0 Å². The first kappa shape index (κ1) is 20.0. The minimum Gasteiger partial charge on any atom is -0.493 e. The molecule has 25 heavy (non-hydrogen) atoms. The van der Waals surface area contributed by atoms with Crippen molar-refractivity contribution in [3.63, 3.8) is 0 Å². The summed E-state index contributed by atoms with van der Waals surface area (Å²) in [6, 6.07) is 1.95. The molecule has 0 aliphatic carbocycles. The standard InChI is InChI=1S/C18H27F2NO4/c1-3-4-7-25-12-8-14(19)13(15(20)9-12)5-6-21-10-16(22)18(24)17(23)11(21)2/h8-9,11,16-18,22-24H,3-7,10H2,1-2H3/t11-,16+,17-,18-/m1/s1. The van der Waals surface area contributed by atoms with Gasteiger partial charge in [0.25, 0.3) is 0 Å². The molecular formula is C18H27F2NO4. The summed E-state index contributed by atoms with van der Waals surface area (Å²) >= 11 is 0. The van der Waals surface area contributed by atoms with Crippen LogP contribution in [0.5, 0.6) is 5.75 Å². The van der Waals surface area contributed by atoms with Crippen molar-refractivity contribution in [3.8, 4) is 5.75 Å². The number of hydrogen-bond donors (Lipinski definition) is 3. The molecule has 1 fully saturated rings. The number of hydrogen-bond acceptors (Lipinski definition) is 5. The molecule has 0 aromatic heterocycles. The van der Waals surface area contributed by atoms with Crippen LogP contribution in [0.1, 0.15) is 32.3 Å². The van der Waals surface area contributed by atoms with Gasteiger partial charge in [-0.05, 0) is 19.8 Å². The van der Waals surface area contributed by atoms with Gasteiger partial charge < -0.3 is 20.1 Å². The maximum absolute atomic E-state index is 14.2. The highest BCUT2D eigenvalue weighted by Crippen LogP contribution is 2.24. The first-order valence-corrected chi connectivity index (χ1v) is 8.74. The Labute approximate surface area is 146 Å². The molecule has 142 valence electrons. The van der Waals surface area contributed by atoms with E-state index in [1.807, 2.05) is 6.92 Å². The molecule has 1 heterocycles. The summed E-state index contributed by atoms with van der Waals surface area (Å²) in [6.07, 6.45) is -1.56. The van der Waals surface area contributed by atoms with Gasteiger partial charge in [-0.1, -0.05) is 13.3 Å². The molecule has 2 rings (SSSR count). The lowest BCUT2D eigenvalue weighted by molar-refractivity contribution is -0.132. The minimum atomic E-state index is -1.21. The molecule has 3 N–H and O–H groups in total. The Morgan fingerprint density at radius 3 is 2.40 bits per heavy atom. The molecule has 0 spiro atoms. The van der Waals surface area contributed by atoms with E-state index in [2.05, 4.69) is 0 Å². The van der Waals surface area contributed by atoms with E-state index in [9.17, 15) is 24.1 Å². The maximum atomic E-state index is 14.2. The normalized spacial score (nSPS) is 27.5. The topological polar surface area (TPSA) is 73.2 Å². The zero-order chi connectivity index (χ0) is 18.6. The molecule has 4 atom stereocenters. The number of likely N-dealkylation sites (tertiary alicyclic amines) is 1. The number of piperidine rings is 1. The first-order valence-electron chi connectivity index (χ1n) is 8.74. The largest absolute Gasteiger partial charge is 0.493 e. The van der Waals surface area contributed by atoms with Gasteiger partial charge in [-0.3, -0.25) is 4.90 Å². The fraction of sp³-hybridized carbons (Fsp3) is 0.667. The Hall–Kier alpha value is -1.28. The van der Waals surface area contributed by atoms with Crippen molar-refractivity contribution in [3.05, 3.63) is 29.3 Å². The minimum absolute atomic E-state index is 0.0508. The van der Waals surface area contributed by atoms with Crippen LogP contribution in [-0.4, -0.2) is 64.3 Å². The number of halogens is 2. The van der Waals surface area contributed by atoms with Gasteiger partial charge in [0.05, 0.1) is 18.8 Å². The van der Waals surface area contributed by atoms with Crippen molar-refractivity contribution >= 4 is 0 Å². The highest BCUT2D eigenvalue weighted by atomic mass is 19.1. The first-order chi connectivity index (χ1) is 11.8. The summed E-state index contributed by atoms with van der Waals surface area (Å²) in [4.78, 5) is 1.71. The lowest BCUT2D eigenvalue weighted by Crippen LogP contribution is -2.60. The zero-order valence-electron chi connectivity index (χ0n) is 14.7. The fourth-order valence-electron chi connectivity index (χ4n) is 3.03. The monoisotopic (exact) mass is 359 g/mol. The molecule has 1 saturated heterocycles. The van der Waals surface area contributed by atoms with E-state index in [4.69, 9.17) is 4.74 Å². The molecule has 0 saturated carbocycles. The maximum Gasteiger partial charge on any atom is 0.133 e. The van der Waals surface area contributed by atoms with Gasteiger partial charge in [0.2, 0.25) is 0 Å². The lowest BCUT2D eigenvalue weighted by Gasteiger charge is -2.42. The SMILES string of the molecule is CCCCOc1cc(F)c(CCN2C[C@H](O)[C@@H](O)[C@H](O)[C@H]2C)c(F)c1. The Morgan fingerprint density at radius 2 is 1.80 bits per heavy atom. The van der Waals surface area contributed by atoms with Gasteiger partial charge in [-0.2, -0.15) is 0 Å². The van der Waals surface area contributed by atoms with Crippen molar-refractivity contribution in [1.82, 2.24) is 4.90 Å². The van der Waals surface area contributed by atoms with E-state index in [1.165, 1.54) is 12.1 Å². The van der Waals surface area contributed by atoms with Crippen molar-refractivity contribution in [1.29, 1.82) is 0 Å². The average molecular weight is 359 g/mol. The Bertz CT molecular complexity index is 549. The molecule has 1 aromatic carbocycles. The highest BCUT2D eigenvalue weighted by Gasteiger charge is 2.38. The van der Waals surface area contributed by atoms with Crippen LogP contribution in [0.4, 0.5) is 8.78 Å². The number of β-amino-alcohol motifs (C(OH)–C–C–N with tert-alkyl or cyclic N) is 1. The van der Waals surface area contributed by atoms with E-state index in [0.29, 0.717) is 6.61 Å². The third kappa shape index (κ3) is 4.88. The third-order valence-electron chi connectivity index (χ3n) is 4.77. The highest BCUT2D eigenvalue weighted by molar-refractivity contribution is 5.31. The quantitative estimate of drug-likeness (QED) is 0.643. The zero-order valence-corrected chi connectivity index (χ0v) is 14.7. The Balaban J connectivity index is 2.00. The number of aliphatic hydroxyl groups is 3. The lowest BCUT2D eigenvalue weighted by atomic mass is 9.94. The average Bonchev–Trinajstić information content (AvgIpc) is 2.56. The van der Waals surface area contributed by atoms with E-state index in [1.54, 1.807) is 11.8 Å². The number of unbranched alkanes of at least 4 members (excludes halogenated alkanes) is 1. The molecule has 0 amide bonds. The van der Waals surface area contributed by atoms with Crippen LogP contribution in [0.2, 0.25) is 0 Å². The molecule has 1 aliphatic rings. The van der Waals surface area contributed by atoms with Crippen LogP contribution in [0, 0.1) is 11.6 Å². The van der Waals surface area contributed by atoms with Gasteiger partial charge in [-0.25, -0.2) is 8.78 Å². The number of nitrogens with zero attached hydrogens (tertiary/aromatic N) is 1. The van der Waals surface area contributed by atoms with E-state index in [-0.39, 0.29) is 30.8 Å². The number of ether oxygens (including phenoxy) is 1. The van der Waals surface area contributed by atoms with Crippen LogP contribution >= 0.6 is 0 Å². The second kappa shape index (κ2) is 8.89.